The van der Waals surface area contributed by atoms with Crippen molar-refractivity contribution in [1.82, 2.24) is 0 Å². The number of carbonyl (C=O) groups excluding carboxylic acids is 1. The predicted molar refractivity (Wildman–Crippen MR) is 101 cm³/mol. The maximum atomic E-state index is 13.0. The van der Waals surface area contributed by atoms with E-state index in [0.29, 0.717) is 5.69 Å². The number of amides is 1. The molecular formula is C18H19ClFN4O3+. The molecule has 1 fully saturated rings. The summed E-state index contributed by atoms with van der Waals surface area (Å²) in [6, 6.07) is 10.6. The van der Waals surface area contributed by atoms with E-state index in [4.69, 9.17) is 11.6 Å². The van der Waals surface area contributed by atoms with Crippen molar-refractivity contribution >= 4 is 34.6 Å². The Balaban J connectivity index is 1.52. The van der Waals surface area contributed by atoms with Gasteiger partial charge in [0.1, 0.15) is 10.8 Å². The monoisotopic (exact) mass is 393 g/mol. The molecule has 27 heavy (non-hydrogen) atoms. The molecule has 2 aromatic rings. The summed E-state index contributed by atoms with van der Waals surface area (Å²) in [5.74, 6) is -0.473. The fraction of sp³-hybridized carbons (Fsp3) is 0.278. The van der Waals surface area contributed by atoms with Gasteiger partial charge < -0.3 is 15.1 Å². The summed E-state index contributed by atoms with van der Waals surface area (Å²) in [5.41, 5.74) is 1.07. The summed E-state index contributed by atoms with van der Waals surface area (Å²) in [7, 11) is 0. The van der Waals surface area contributed by atoms with Gasteiger partial charge in [0.2, 0.25) is 0 Å². The van der Waals surface area contributed by atoms with Crippen LogP contribution in [-0.2, 0) is 4.79 Å². The molecule has 0 atom stereocenters. The number of nitrogens with one attached hydrogen (secondary N) is 2. The van der Waals surface area contributed by atoms with Crippen LogP contribution in [0, 0.1) is 15.9 Å². The summed E-state index contributed by atoms with van der Waals surface area (Å²) < 4.78 is 13.0. The maximum Gasteiger partial charge on any atom is 0.289 e. The number of nitro benzene ring substituents is 1. The van der Waals surface area contributed by atoms with Crippen molar-refractivity contribution in [1.29, 1.82) is 0 Å². The van der Waals surface area contributed by atoms with Crippen LogP contribution in [0.4, 0.5) is 21.5 Å². The Bertz CT molecular complexity index is 839. The average Bonchev–Trinajstić information content (AvgIpc) is 2.64. The molecule has 1 aliphatic heterocycles. The van der Waals surface area contributed by atoms with Gasteiger partial charge in [-0.25, -0.2) is 4.39 Å². The standard InChI is InChI=1S/C18H18ClFN4O3/c19-16-6-3-14(11-17(16)24(26)27)21-18(25)12-22-7-9-23(10-8-22)15-4-1-13(20)2-5-15/h1-6,11H,7-10,12H2,(H,21,25)/p+1. The number of piperazine rings is 1. The first-order valence-electron chi connectivity index (χ1n) is 8.50. The van der Waals surface area contributed by atoms with Crippen LogP contribution in [-0.4, -0.2) is 43.6 Å². The fourth-order valence-electron chi connectivity index (χ4n) is 3.07. The molecule has 0 radical (unpaired) electrons. The number of rotatable bonds is 5. The molecule has 0 saturated carbocycles. The highest BCUT2D eigenvalue weighted by molar-refractivity contribution is 6.32. The van der Waals surface area contributed by atoms with Gasteiger partial charge in [0.05, 0.1) is 31.1 Å². The molecule has 1 saturated heterocycles. The highest BCUT2D eigenvalue weighted by Gasteiger charge is 2.23. The molecule has 0 bridgehead atoms. The predicted octanol–water partition coefficient (Wildman–Crippen LogP) is 1.73. The molecule has 0 unspecified atom stereocenters. The van der Waals surface area contributed by atoms with Gasteiger partial charge in [0, 0.05) is 17.4 Å². The van der Waals surface area contributed by atoms with Crippen molar-refractivity contribution in [3.63, 3.8) is 0 Å². The third kappa shape index (κ3) is 4.93. The van der Waals surface area contributed by atoms with Crippen molar-refractivity contribution in [3.05, 3.63) is 63.4 Å². The van der Waals surface area contributed by atoms with Gasteiger partial charge in [-0.1, -0.05) is 11.6 Å². The first-order chi connectivity index (χ1) is 12.9. The molecule has 0 aliphatic carbocycles. The Morgan fingerprint density at radius 3 is 2.52 bits per heavy atom. The highest BCUT2D eigenvalue weighted by Crippen LogP contribution is 2.27. The van der Waals surface area contributed by atoms with Crippen molar-refractivity contribution in [2.45, 2.75) is 0 Å². The molecule has 1 aliphatic rings. The van der Waals surface area contributed by atoms with E-state index in [1.807, 2.05) is 0 Å². The van der Waals surface area contributed by atoms with Crippen LogP contribution in [0.1, 0.15) is 0 Å². The lowest BCUT2D eigenvalue weighted by Gasteiger charge is -2.33. The van der Waals surface area contributed by atoms with Crippen LogP contribution in [0.2, 0.25) is 5.02 Å². The zero-order chi connectivity index (χ0) is 19.4. The number of benzene rings is 2. The first kappa shape index (κ1) is 19.1. The lowest BCUT2D eigenvalue weighted by atomic mass is 10.2. The molecule has 142 valence electrons. The number of nitro groups is 1. The second-order valence-electron chi connectivity index (χ2n) is 6.36. The van der Waals surface area contributed by atoms with Crippen molar-refractivity contribution in [3.8, 4) is 0 Å². The summed E-state index contributed by atoms with van der Waals surface area (Å²) in [5, 5.41) is 13.6. The Labute approximate surface area is 160 Å². The molecule has 1 amide bonds. The number of quaternary nitrogens is 1. The lowest BCUT2D eigenvalue weighted by Crippen LogP contribution is -3.15. The summed E-state index contributed by atoms with van der Waals surface area (Å²) in [6.07, 6.45) is 0. The zero-order valence-corrected chi connectivity index (χ0v) is 15.2. The Hall–Kier alpha value is -2.71. The quantitative estimate of drug-likeness (QED) is 0.599. The number of hydrogen-bond donors (Lipinski definition) is 2. The van der Waals surface area contributed by atoms with Gasteiger partial charge >= 0.3 is 0 Å². The summed E-state index contributed by atoms with van der Waals surface area (Å²) in [6.45, 7) is 3.34. The van der Waals surface area contributed by atoms with E-state index in [2.05, 4.69) is 10.2 Å². The fourth-order valence-corrected chi connectivity index (χ4v) is 3.26. The summed E-state index contributed by atoms with van der Waals surface area (Å²) >= 11 is 5.77. The third-order valence-corrected chi connectivity index (χ3v) is 4.82. The van der Waals surface area contributed by atoms with Crippen LogP contribution in [0.25, 0.3) is 0 Å². The van der Waals surface area contributed by atoms with Crippen molar-refractivity contribution < 1.29 is 19.0 Å². The van der Waals surface area contributed by atoms with E-state index in [9.17, 15) is 19.3 Å². The maximum absolute atomic E-state index is 13.0. The minimum absolute atomic E-state index is 0.0283. The molecule has 1 heterocycles. The van der Waals surface area contributed by atoms with E-state index < -0.39 is 4.92 Å². The molecule has 2 aromatic carbocycles. The van der Waals surface area contributed by atoms with Crippen LogP contribution in [0.5, 0.6) is 0 Å². The van der Waals surface area contributed by atoms with Gasteiger partial charge in [-0.15, -0.1) is 0 Å². The van der Waals surface area contributed by atoms with Gasteiger partial charge in [-0.3, -0.25) is 14.9 Å². The van der Waals surface area contributed by atoms with Crippen molar-refractivity contribution in [2.75, 3.05) is 42.9 Å². The average molecular weight is 394 g/mol. The highest BCUT2D eigenvalue weighted by atomic mass is 35.5. The van der Waals surface area contributed by atoms with Gasteiger partial charge in [0.25, 0.3) is 11.6 Å². The molecule has 0 aromatic heterocycles. The Morgan fingerprint density at radius 2 is 1.89 bits per heavy atom. The van der Waals surface area contributed by atoms with Crippen LogP contribution < -0.4 is 15.1 Å². The van der Waals surface area contributed by atoms with E-state index in [-0.39, 0.29) is 29.0 Å². The lowest BCUT2D eigenvalue weighted by molar-refractivity contribution is -0.892. The van der Waals surface area contributed by atoms with Crippen molar-refractivity contribution in [2.24, 2.45) is 0 Å². The Kier molecular flexibility index (Phi) is 5.88. The van der Waals surface area contributed by atoms with E-state index in [0.717, 1.165) is 36.8 Å². The number of hydrogen-bond acceptors (Lipinski definition) is 4. The van der Waals surface area contributed by atoms with Gasteiger partial charge in [-0.05, 0) is 36.4 Å². The van der Waals surface area contributed by atoms with Crippen LogP contribution in [0.15, 0.2) is 42.5 Å². The largest absolute Gasteiger partial charge is 0.360 e. The minimum atomic E-state index is -0.585. The van der Waals surface area contributed by atoms with Crippen LogP contribution in [0.3, 0.4) is 0 Å². The topological polar surface area (TPSA) is 79.9 Å². The molecule has 3 rings (SSSR count). The smallest absolute Gasteiger partial charge is 0.289 e. The molecule has 2 N–H and O–H groups in total. The summed E-state index contributed by atoms with van der Waals surface area (Å²) in [4.78, 5) is 25.9. The molecule has 7 nitrogen and oxygen atoms in total. The first-order valence-corrected chi connectivity index (χ1v) is 8.88. The molecule has 0 spiro atoms. The SMILES string of the molecule is O=C(C[NH+]1CCN(c2ccc(F)cc2)CC1)Nc1ccc(Cl)c([N+](=O)[O-])c1. The number of anilines is 2. The Morgan fingerprint density at radius 1 is 1.22 bits per heavy atom. The van der Waals surface area contributed by atoms with E-state index >= 15 is 0 Å². The second-order valence-corrected chi connectivity index (χ2v) is 6.77. The number of carbonyl (C=O) groups is 1. The third-order valence-electron chi connectivity index (χ3n) is 4.50. The van der Waals surface area contributed by atoms with Gasteiger partial charge in [0.15, 0.2) is 6.54 Å². The molecular weight excluding hydrogens is 375 g/mol. The van der Waals surface area contributed by atoms with Gasteiger partial charge in [-0.2, -0.15) is 0 Å². The number of nitrogens with zero attached hydrogens (tertiary/aromatic N) is 2. The van der Waals surface area contributed by atoms with Crippen LogP contribution >= 0.6 is 11.6 Å². The zero-order valence-electron chi connectivity index (χ0n) is 14.5. The van der Waals surface area contributed by atoms with E-state index in [1.165, 1.54) is 30.3 Å². The normalized spacial score (nSPS) is 14.8. The second kappa shape index (κ2) is 8.32. The number of halogens is 2. The molecule has 9 heteroatoms. The minimum Gasteiger partial charge on any atom is -0.360 e. The van der Waals surface area contributed by atoms with E-state index in [1.54, 1.807) is 12.1 Å².